The number of nitrogens with two attached hydrogens (primary N) is 1. The summed E-state index contributed by atoms with van der Waals surface area (Å²) in [5.41, 5.74) is 9.70. The number of ether oxygens (including phenoxy) is 1. The van der Waals surface area contributed by atoms with Gasteiger partial charge in [0, 0.05) is 35.3 Å². The lowest BCUT2D eigenvalue weighted by Gasteiger charge is -2.38. The molecule has 1 atom stereocenters. The minimum Gasteiger partial charge on any atom is -0.449 e. The maximum absolute atomic E-state index is 13.3. The van der Waals surface area contributed by atoms with Gasteiger partial charge >= 0.3 is 6.09 Å². The minimum atomic E-state index is -0.639. The van der Waals surface area contributed by atoms with E-state index in [2.05, 4.69) is 10.2 Å². The summed E-state index contributed by atoms with van der Waals surface area (Å²) in [6.07, 6.45) is 2.89. The van der Waals surface area contributed by atoms with Crippen LogP contribution in [0.1, 0.15) is 23.7 Å². The number of halogens is 1. The fraction of sp³-hybridized carbons (Fsp3) is 0.269. The summed E-state index contributed by atoms with van der Waals surface area (Å²) in [6.45, 7) is 3.14. The molecule has 10 nitrogen and oxygen atoms in total. The van der Waals surface area contributed by atoms with Crippen molar-refractivity contribution in [3.05, 3.63) is 71.8 Å². The van der Waals surface area contributed by atoms with E-state index >= 15 is 0 Å². The number of hydrogen-bond donors (Lipinski definition) is 1. The molecule has 0 spiro atoms. The van der Waals surface area contributed by atoms with Gasteiger partial charge in [0.05, 0.1) is 29.4 Å². The largest absolute Gasteiger partial charge is 0.449 e. The molecular formula is C26H26ClN7O3. The maximum Gasteiger partial charge on any atom is 0.411 e. The van der Waals surface area contributed by atoms with Gasteiger partial charge in [0.2, 0.25) is 0 Å². The van der Waals surface area contributed by atoms with E-state index in [-0.39, 0.29) is 12.5 Å². The second kappa shape index (κ2) is 10.5. The standard InChI is InChI=1S/C26H26ClN7O3/c1-2-10-37-26(36)34-9-8-32(14-24(34)28)25(35)18-6-7-20-21(27)13-22(31-23(20)12-18)17-4-3-5-19(11-17)33-15-29-30-16-33/h3-7,11-13,15-16,24H,2,8-10,14,28H2,1H3/t24-/m0/s1. The third-order valence-corrected chi connectivity index (χ3v) is 6.55. The second-order valence-electron chi connectivity index (χ2n) is 8.77. The van der Waals surface area contributed by atoms with Crippen molar-refractivity contribution in [1.82, 2.24) is 29.5 Å². The molecule has 190 valence electrons. The first kappa shape index (κ1) is 24.7. The summed E-state index contributed by atoms with van der Waals surface area (Å²) in [4.78, 5) is 33.4. The lowest BCUT2D eigenvalue weighted by molar-refractivity contribution is 0.0390. The number of piperazine rings is 1. The minimum absolute atomic E-state index is 0.183. The van der Waals surface area contributed by atoms with Gasteiger partial charge in [-0.15, -0.1) is 10.2 Å². The fourth-order valence-electron chi connectivity index (χ4n) is 4.30. The van der Waals surface area contributed by atoms with Crippen molar-refractivity contribution in [1.29, 1.82) is 0 Å². The zero-order chi connectivity index (χ0) is 25.9. The van der Waals surface area contributed by atoms with E-state index in [4.69, 9.17) is 27.1 Å². The van der Waals surface area contributed by atoms with Gasteiger partial charge in [-0.05, 0) is 36.8 Å². The average molecular weight is 520 g/mol. The molecule has 37 heavy (non-hydrogen) atoms. The molecule has 0 unspecified atom stereocenters. The predicted molar refractivity (Wildman–Crippen MR) is 139 cm³/mol. The van der Waals surface area contributed by atoms with E-state index in [9.17, 15) is 9.59 Å². The molecule has 2 N–H and O–H groups in total. The molecule has 1 aliphatic heterocycles. The Morgan fingerprint density at radius 3 is 2.68 bits per heavy atom. The molecule has 0 saturated carbocycles. The lowest BCUT2D eigenvalue weighted by Crippen LogP contribution is -2.60. The van der Waals surface area contributed by atoms with E-state index in [1.165, 1.54) is 4.90 Å². The van der Waals surface area contributed by atoms with E-state index in [0.29, 0.717) is 41.5 Å². The van der Waals surface area contributed by atoms with E-state index in [0.717, 1.165) is 23.1 Å². The number of hydrogen-bond acceptors (Lipinski definition) is 7. The Kier molecular flexibility index (Phi) is 7.02. The number of pyridine rings is 1. The van der Waals surface area contributed by atoms with Crippen LogP contribution in [-0.2, 0) is 4.74 Å². The maximum atomic E-state index is 13.3. The zero-order valence-corrected chi connectivity index (χ0v) is 21.0. The molecule has 2 amide bonds. The summed E-state index contributed by atoms with van der Waals surface area (Å²) < 4.78 is 6.99. The van der Waals surface area contributed by atoms with Crippen LogP contribution < -0.4 is 5.73 Å². The van der Waals surface area contributed by atoms with Gasteiger partial charge in [-0.1, -0.05) is 36.7 Å². The summed E-state index contributed by atoms with van der Waals surface area (Å²) in [5, 5.41) is 9.00. The normalized spacial score (nSPS) is 15.7. The molecule has 0 radical (unpaired) electrons. The van der Waals surface area contributed by atoms with Crippen molar-refractivity contribution in [3.63, 3.8) is 0 Å². The number of aromatic nitrogens is 4. The molecule has 2 aromatic carbocycles. The summed E-state index contributed by atoms with van der Waals surface area (Å²) in [5.74, 6) is -0.183. The Balaban J connectivity index is 1.38. The molecule has 1 saturated heterocycles. The first-order chi connectivity index (χ1) is 17.9. The summed E-state index contributed by atoms with van der Waals surface area (Å²) >= 11 is 6.61. The van der Waals surface area contributed by atoms with Crippen molar-refractivity contribution in [2.75, 3.05) is 26.2 Å². The predicted octanol–water partition coefficient (Wildman–Crippen LogP) is 3.73. The topological polar surface area (TPSA) is 119 Å². The van der Waals surface area contributed by atoms with Crippen LogP contribution in [0, 0.1) is 0 Å². The van der Waals surface area contributed by atoms with Crippen molar-refractivity contribution >= 4 is 34.5 Å². The third kappa shape index (κ3) is 5.11. The smallest absolute Gasteiger partial charge is 0.411 e. The van der Waals surface area contributed by atoms with Crippen LogP contribution in [-0.4, -0.2) is 74.0 Å². The fourth-order valence-corrected chi connectivity index (χ4v) is 4.57. The number of benzene rings is 2. The zero-order valence-electron chi connectivity index (χ0n) is 20.2. The highest BCUT2D eigenvalue weighted by Crippen LogP contribution is 2.30. The summed E-state index contributed by atoms with van der Waals surface area (Å²) in [6, 6.07) is 14.9. The highest BCUT2D eigenvalue weighted by Gasteiger charge is 2.31. The SMILES string of the molecule is CCCOC(=O)N1CCN(C(=O)c2ccc3c(Cl)cc(-c4cccc(-n5cnnc5)c4)nc3c2)C[C@H]1N. The molecule has 5 rings (SSSR count). The van der Waals surface area contributed by atoms with Crippen LogP contribution in [0.5, 0.6) is 0 Å². The van der Waals surface area contributed by atoms with Crippen molar-refractivity contribution in [2.24, 2.45) is 5.73 Å². The molecule has 0 bridgehead atoms. The average Bonchev–Trinajstić information content (AvgIpc) is 3.46. The van der Waals surface area contributed by atoms with Gasteiger partial charge in [0.15, 0.2) is 0 Å². The number of amides is 2. The van der Waals surface area contributed by atoms with E-state index in [1.807, 2.05) is 37.3 Å². The quantitative estimate of drug-likeness (QED) is 0.426. The number of rotatable bonds is 5. The van der Waals surface area contributed by atoms with Crippen molar-refractivity contribution < 1.29 is 14.3 Å². The Morgan fingerprint density at radius 1 is 1.11 bits per heavy atom. The van der Waals surface area contributed by atoms with Crippen LogP contribution in [0.15, 0.2) is 61.2 Å². The van der Waals surface area contributed by atoms with Crippen LogP contribution in [0.3, 0.4) is 0 Å². The van der Waals surface area contributed by atoms with Gasteiger partial charge in [-0.25, -0.2) is 9.78 Å². The highest BCUT2D eigenvalue weighted by molar-refractivity contribution is 6.35. The molecule has 1 fully saturated rings. The van der Waals surface area contributed by atoms with Gasteiger partial charge in [0.25, 0.3) is 5.91 Å². The van der Waals surface area contributed by atoms with Crippen LogP contribution >= 0.6 is 11.6 Å². The molecule has 1 aliphatic rings. The summed E-state index contributed by atoms with van der Waals surface area (Å²) in [7, 11) is 0. The van der Waals surface area contributed by atoms with E-state index < -0.39 is 12.3 Å². The van der Waals surface area contributed by atoms with Crippen LogP contribution in [0.25, 0.3) is 27.8 Å². The lowest BCUT2D eigenvalue weighted by atomic mass is 10.1. The van der Waals surface area contributed by atoms with Crippen molar-refractivity contribution in [2.45, 2.75) is 19.5 Å². The first-order valence-electron chi connectivity index (χ1n) is 12.0. The van der Waals surface area contributed by atoms with Gasteiger partial charge < -0.3 is 15.4 Å². The molecule has 2 aromatic heterocycles. The number of carbonyl (C=O) groups excluding carboxylic acids is 2. The van der Waals surface area contributed by atoms with Gasteiger partial charge in [0.1, 0.15) is 18.8 Å². The van der Waals surface area contributed by atoms with Gasteiger partial charge in [-0.3, -0.25) is 14.3 Å². The highest BCUT2D eigenvalue weighted by atomic mass is 35.5. The number of carbonyl (C=O) groups is 2. The second-order valence-corrected chi connectivity index (χ2v) is 9.17. The number of nitrogens with zero attached hydrogens (tertiary/aromatic N) is 6. The Morgan fingerprint density at radius 2 is 1.92 bits per heavy atom. The molecule has 3 heterocycles. The third-order valence-electron chi connectivity index (χ3n) is 6.24. The Hall–Kier alpha value is -4.02. The molecule has 4 aromatic rings. The van der Waals surface area contributed by atoms with Crippen LogP contribution in [0.2, 0.25) is 5.02 Å². The van der Waals surface area contributed by atoms with Crippen molar-refractivity contribution in [3.8, 4) is 16.9 Å². The first-order valence-corrected chi connectivity index (χ1v) is 12.4. The van der Waals surface area contributed by atoms with Crippen LogP contribution in [0.4, 0.5) is 4.79 Å². The molecular weight excluding hydrogens is 494 g/mol. The Bertz CT molecular complexity index is 1440. The van der Waals surface area contributed by atoms with Gasteiger partial charge in [-0.2, -0.15) is 0 Å². The number of fused-ring (bicyclic) bond motifs is 1. The molecule has 0 aliphatic carbocycles. The molecule has 11 heteroatoms. The monoisotopic (exact) mass is 519 g/mol. The Labute approximate surface area is 218 Å². The van der Waals surface area contributed by atoms with E-state index in [1.54, 1.807) is 40.3 Å².